The van der Waals surface area contributed by atoms with Crippen LogP contribution in [0, 0.1) is 5.92 Å². The first kappa shape index (κ1) is 13.9. The lowest BCUT2D eigenvalue weighted by Crippen LogP contribution is -2.49. The normalized spacial score (nSPS) is 25.1. The van der Waals surface area contributed by atoms with Crippen molar-refractivity contribution >= 4 is 32.8 Å². The molecule has 6 nitrogen and oxygen atoms in total. The maximum Gasteiger partial charge on any atom is 0.245 e. The maximum absolute atomic E-state index is 12.8. The van der Waals surface area contributed by atoms with Crippen LogP contribution in [0.15, 0.2) is 23.1 Å². The number of aromatic nitrogens is 2. The number of fused-ring (bicyclic) bond motifs is 1. The Bertz CT molecular complexity index is 728. The van der Waals surface area contributed by atoms with E-state index in [-0.39, 0.29) is 10.9 Å². The second-order valence-electron chi connectivity index (χ2n) is 5.18. The molecule has 108 valence electrons. The first-order chi connectivity index (χ1) is 9.50. The summed E-state index contributed by atoms with van der Waals surface area (Å²) in [6.07, 6.45) is 0.783. The van der Waals surface area contributed by atoms with Gasteiger partial charge in [0, 0.05) is 19.1 Å². The quantitative estimate of drug-likeness (QED) is 0.895. The fraction of sp³-hybridized carbons (Fsp3) is 0.500. The van der Waals surface area contributed by atoms with Gasteiger partial charge in [-0.1, -0.05) is 13.0 Å². The van der Waals surface area contributed by atoms with Crippen molar-refractivity contribution in [2.24, 2.45) is 11.7 Å². The highest BCUT2D eigenvalue weighted by Crippen LogP contribution is 2.27. The molecule has 1 fully saturated rings. The van der Waals surface area contributed by atoms with Crippen LogP contribution in [0.3, 0.4) is 0 Å². The molecule has 1 aromatic carbocycles. The number of hydrogen-bond donors (Lipinski definition) is 1. The molecular weight excluding hydrogens is 296 g/mol. The summed E-state index contributed by atoms with van der Waals surface area (Å²) in [7, 11) is -3.56. The highest BCUT2D eigenvalue weighted by atomic mass is 32.2. The van der Waals surface area contributed by atoms with Gasteiger partial charge in [-0.05, 0) is 24.5 Å². The van der Waals surface area contributed by atoms with Gasteiger partial charge in [0.25, 0.3) is 0 Å². The van der Waals surface area contributed by atoms with Crippen LogP contribution in [0.2, 0.25) is 0 Å². The van der Waals surface area contributed by atoms with Gasteiger partial charge in [-0.15, -0.1) is 0 Å². The molecule has 1 saturated heterocycles. The van der Waals surface area contributed by atoms with Crippen LogP contribution >= 0.6 is 11.7 Å². The lowest BCUT2D eigenvalue weighted by atomic mass is 9.96. The average Bonchev–Trinajstić information content (AvgIpc) is 2.89. The summed E-state index contributed by atoms with van der Waals surface area (Å²) in [5.41, 5.74) is 7.07. The minimum absolute atomic E-state index is 0.119. The van der Waals surface area contributed by atoms with E-state index in [9.17, 15) is 8.42 Å². The zero-order valence-electron chi connectivity index (χ0n) is 11.1. The van der Waals surface area contributed by atoms with Crippen LogP contribution in [0.5, 0.6) is 0 Å². The third kappa shape index (κ3) is 2.22. The van der Waals surface area contributed by atoms with Crippen molar-refractivity contribution in [3.8, 4) is 0 Å². The van der Waals surface area contributed by atoms with Gasteiger partial charge in [-0.2, -0.15) is 13.1 Å². The van der Waals surface area contributed by atoms with Gasteiger partial charge in [0.05, 0.1) is 11.7 Å². The first-order valence-electron chi connectivity index (χ1n) is 6.47. The molecule has 0 amide bonds. The molecule has 20 heavy (non-hydrogen) atoms. The summed E-state index contributed by atoms with van der Waals surface area (Å²) in [6.45, 7) is 2.92. The van der Waals surface area contributed by atoms with Crippen molar-refractivity contribution < 1.29 is 8.42 Å². The Morgan fingerprint density at radius 1 is 1.40 bits per heavy atom. The third-order valence-electron chi connectivity index (χ3n) is 3.85. The van der Waals surface area contributed by atoms with Gasteiger partial charge in [0.15, 0.2) is 0 Å². The van der Waals surface area contributed by atoms with E-state index in [0.29, 0.717) is 30.0 Å². The Balaban J connectivity index is 2.02. The van der Waals surface area contributed by atoms with Crippen molar-refractivity contribution in [2.45, 2.75) is 24.3 Å². The number of hydrogen-bond acceptors (Lipinski definition) is 6. The van der Waals surface area contributed by atoms with Crippen LogP contribution in [-0.2, 0) is 10.0 Å². The molecule has 2 heterocycles. The average molecular weight is 312 g/mol. The Kier molecular flexibility index (Phi) is 3.49. The van der Waals surface area contributed by atoms with E-state index in [4.69, 9.17) is 5.73 Å². The van der Waals surface area contributed by atoms with Gasteiger partial charge < -0.3 is 5.73 Å². The summed E-state index contributed by atoms with van der Waals surface area (Å²) in [5, 5.41) is 0. The van der Waals surface area contributed by atoms with Crippen molar-refractivity contribution in [1.82, 2.24) is 13.1 Å². The Morgan fingerprint density at radius 2 is 2.20 bits per heavy atom. The van der Waals surface area contributed by atoms with Gasteiger partial charge >= 0.3 is 0 Å². The van der Waals surface area contributed by atoms with Gasteiger partial charge in [0.2, 0.25) is 10.0 Å². The van der Waals surface area contributed by atoms with Crippen molar-refractivity contribution in [1.29, 1.82) is 0 Å². The first-order valence-corrected chi connectivity index (χ1v) is 8.64. The predicted octanol–water partition coefficient (Wildman–Crippen LogP) is 1.05. The molecule has 0 spiro atoms. The molecule has 2 aromatic rings. The monoisotopic (exact) mass is 312 g/mol. The fourth-order valence-corrected chi connectivity index (χ4v) is 4.66. The number of rotatable bonds is 2. The van der Waals surface area contributed by atoms with Gasteiger partial charge in [-0.25, -0.2) is 8.42 Å². The Hall–Kier alpha value is -1.09. The molecule has 0 radical (unpaired) electrons. The summed E-state index contributed by atoms with van der Waals surface area (Å²) in [6, 6.07) is 4.93. The van der Waals surface area contributed by atoms with E-state index in [1.165, 1.54) is 4.31 Å². The lowest BCUT2D eigenvalue weighted by Gasteiger charge is -2.34. The second kappa shape index (κ2) is 5.03. The summed E-state index contributed by atoms with van der Waals surface area (Å²) in [5.74, 6) is 0.346. The standard InChI is InChI=1S/C12H16N4O2S2/c1-8-5-6-16(7-9(8)13)20(17,18)11-4-2-3-10-12(11)15-19-14-10/h2-4,8-9H,5-7,13H2,1H3. The third-order valence-corrected chi connectivity index (χ3v) is 6.29. The van der Waals surface area contributed by atoms with E-state index >= 15 is 0 Å². The topological polar surface area (TPSA) is 89.2 Å². The summed E-state index contributed by atoms with van der Waals surface area (Å²) < 4.78 is 35.2. The highest BCUT2D eigenvalue weighted by Gasteiger charge is 2.33. The molecule has 1 aromatic heterocycles. The van der Waals surface area contributed by atoms with Crippen molar-refractivity contribution in [2.75, 3.05) is 13.1 Å². The van der Waals surface area contributed by atoms with Crippen LogP contribution in [-0.4, -0.2) is 40.6 Å². The van der Waals surface area contributed by atoms with Crippen LogP contribution in [0.4, 0.5) is 0 Å². The zero-order valence-corrected chi connectivity index (χ0v) is 12.7. The molecule has 1 aliphatic rings. The Labute approximate surface area is 122 Å². The number of sulfonamides is 1. The largest absolute Gasteiger partial charge is 0.326 e. The molecule has 1 aliphatic heterocycles. The Morgan fingerprint density at radius 3 is 2.95 bits per heavy atom. The van der Waals surface area contributed by atoms with Crippen molar-refractivity contribution in [3.63, 3.8) is 0 Å². The van der Waals surface area contributed by atoms with E-state index in [0.717, 1.165) is 18.1 Å². The van der Waals surface area contributed by atoms with Gasteiger partial charge in [-0.3, -0.25) is 0 Å². The maximum atomic E-state index is 12.8. The smallest absolute Gasteiger partial charge is 0.245 e. The molecule has 2 unspecified atom stereocenters. The molecule has 0 bridgehead atoms. The second-order valence-corrected chi connectivity index (χ2v) is 7.62. The summed E-state index contributed by atoms with van der Waals surface area (Å²) >= 11 is 1.02. The molecule has 8 heteroatoms. The summed E-state index contributed by atoms with van der Waals surface area (Å²) in [4.78, 5) is 0.227. The minimum atomic E-state index is -3.56. The molecule has 3 rings (SSSR count). The SMILES string of the molecule is CC1CCN(S(=O)(=O)c2cccc3nsnc23)CC1N. The van der Waals surface area contributed by atoms with E-state index in [1.54, 1.807) is 18.2 Å². The zero-order chi connectivity index (χ0) is 14.3. The molecule has 2 atom stereocenters. The number of nitrogens with zero attached hydrogens (tertiary/aromatic N) is 3. The highest BCUT2D eigenvalue weighted by molar-refractivity contribution is 7.89. The minimum Gasteiger partial charge on any atom is -0.326 e. The predicted molar refractivity (Wildman–Crippen MR) is 77.9 cm³/mol. The van der Waals surface area contributed by atoms with Crippen LogP contribution in [0.25, 0.3) is 11.0 Å². The molecule has 2 N–H and O–H groups in total. The van der Waals surface area contributed by atoms with Crippen LogP contribution < -0.4 is 5.73 Å². The van der Waals surface area contributed by atoms with E-state index in [2.05, 4.69) is 15.7 Å². The van der Waals surface area contributed by atoms with E-state index in [1.807, 2.05) is 0 Å². The fourth-order valence-electron chi connectivity index (χ4n) is 2.41. The lowest BCUT2D eigenvalue weighted by molar-refractivity contribution is 0.253. The number of nitrogens with two attached hydrogens (primary N) is 1. The number of piperidine rings is 1. The molecular formula is C12H16N4O2S2. The molecule has 0 saturated carbocycles. The van der Waals surface area contributed by atoms with Crippen LogP contribution in [0.1, 0.15) is 13.3 Å². The van der Waals surface area contributed by atoms with Gasteiger partial charge in [0.1, 0.15) is 15.9 Å². The molecule has 0 aliphatic carbocycles. The van der Waals surface area contributed by atoms with E-state index < -0.39 is 10.0 Å². The van der Waals surface area contributed by atoms with Crippen molar-refractivity contribution in [3.05, 3.63) is 18.2 Å². The number of benzene rings is 1.